The number of carbonyl (C=O) groups excluding carboxylic acids is 1. The fraction of sp³-hybridized carbons (Fsp3) is 0.235. The highest BCUT2D eigenvalue weighted by Crippen LogP contribution is 2.32. The van der Waals surface area contributed by atoms with Gasteiger partial charge in [0, 0.05) is 12.6 Å². The van der Waals surface area contributed by atoms with Crippen molar-refractivity contribution in [1.82, 2.24) is 4.72 Å². The molecule has 3 rings (SSSR count). The van der Waals surface area contributed by atoms with Gasteiger partial charge >= 0.3 is 5.97 Å². The molecule has 2 aromatic rings. The van der Waals surface area contributed by atoms with Crippen LogP contribution in [0.5, 0.6) is 17.2 Å². The summed E-state index contributed by atoms with van der Waals surface area (Å²) in [7, 11) is -3.65. The van der Waals surface area contributed by atoms with Crippen LogP contribution in [0.25, 0.3) is 0 Å². The minimum absolute atomic E-state index is 0.0176. The second kappa shape index (κ2) is 7.12. The number of benzene rings is 2. The van der Waals surface area contributed by atoms with Crippen LogP contribution in [0, 0.1) is 0 Å². The van der Waals surface area contributed by atoms with Gasteiger partial charge < -0.3 is 14.2 Å². The summed E-state index contributed by atoms with van der Waals surface area (Å²) in [6.45, 7) is 2.47. The predicted octanol–water partition coefficient (Wildman–Crippen LogP) is 2.33. The van der Waals surface area contributed by atoms with Crippen molar-refractivity contribution in [3.8, 4) is 17.2 Å². The maximum Gasteiger partial charge on any atom is 0.338 e. The lowest BCUT2D eigenvalue weighted by molar-refractivity contribution is 0.0526. The molecule has 0 radical (unpaired) electrons. The van der Waals surface area contributed by atoms with Gasteiger partial charge in [-0.15, -0.1) is 0 Å². The fourth-order valence-corrected chi connectivity index (χ4v) is 3.50. The molecule has 1 heterocycles. The molecule has 0 aliphatic carbocycles. The maximum absolute atomic E-state index is 12.2. The van der Waals surface area contributed by atoms with Crippen molar-refractivity contribution in [2.75, 3.05) is 19.8 Å². The van der Waals surface area contributed by atoms with Crippen LogP contribution in [-0.4, -0.2) is 34.1 Å². The molecule has 8 heteroatoms. The number of esters is 1. The molecule has 0 aromatic heterocycles. The Labute approximate surface area is 145 Å². The minimum Gasteiger partial charge on any atom is -0.491 e. The summed E-state index contributed by atoms with van der Waals surface area (Å²) in [4.78, 5) is 11.8. The lowest BCUT2D eigenvalue weighted by Crippen LogP contribution is -2.24. The molecule has 7 nitrogen and oxygen atoms in total. The topological polar surface area (TPSA) is 90.9 Å². The van der Waals surface area contributed by atoms with E-state index < -0.39 is 16.0 Å². The van der Waals surface area contributed by atoms with Gasteiger partial charge in [0.1, 0.15) is 28.8 Å². The molecule has 0 saturated carbocycles. The van der Waals surface area contributed by atoms with Gasteiger partial charge in [-0.3, -0.25) is 0 Å². The Balaban J connectivity index is 1.88. The Morgan fingerprint density at radius 3 is 2.80 bits per heavy atom. The molecule has 132 valence electrons. The van der Waals surface area contributed by atoms with Crippen molar-refractivity contribution < 1.29 is 27.4 Å². The van der Waals surface area contributed by atoms with Gasteiger partial charge in [-0.05, 0) is 37.3 Å². The van der Waals surface area contributed by atoms with Gasteiger partial charge in [0.15, 0.2) is 0 Å². The van der Waals surface area contributed by atoms with Crippen LogP contribution in [0.3, 0.4) is 0 Å². The Morgan fingerprint density at radius 2 is 2.00 bits per heavy atom. The first-order chi connectivity index (χ1) is 12.0. The third kappa shape index (κ3) is 3.92. The van der Waals surface area contributed by atoms with E-state index in [1.165, 1.54) is 12.1 Å². The van der Waals surface area contributed by atoms with Gasteiger partial charge in [0.25, 0.3) is 0 Å². The van der Waals surface area contributed by atoms with Crippen molar-refractivity contribution in [3.63, 3.8) is 0 Å². The molecule has 0 unspecified atom stereocenters. The number of carbonyl (C=O) groups is 1. The molecule has 1 N–H and O–H groups in total. The van der Waals surface area contributed by atoms with Gasteiger partial charge in [-0.2, -0.15) is 0 Å². The molecular weight excluding hydrogens is 346 g/mol. The maximum atomic E-state index is 12.2. The average molecular weight is 363 g/mol. The molecule has 0 spiro atoms. The van der Waals surface area contributed by atoms with Crippen molar-refractivity contribution in [3.05, 3.63) is 48.0 Å². The summed E-state index contributed by atoms with van der Waals surface area (Å²) in [5, 5.41) is 0. The fourth-order valence-electron chi connectivity index (χ4n) is 2.33. The standard InChI is InChI=1S/C17H17NO6S/c1-2-22-17(19)12-4-3-5-13(10-12)24-14-6-7-15-16(11-14)25(20,21)18-8-9-23-15/h3-7,10-11,18H,2,8-9H2,1H3. The van der Waals surface area contributed by atoms with E-state index in [1.54, 1.807) is 37.3 Å². The molecule has 25 heavy (non-hydrogen) atoms. The van der Waals surface area contributed by atoms with Gasteiger partial charge in [0.05, 0.1) is 12.2 Å². The summed E-state index contributed by atoms with van der Waals surface area (Å²) in [6, 6.07) is 11.0. The number of nitrogens with one attached hydrogen (secondary N) is 1. The van der Waals surface area contributed by atoms with E-state index in [1.807, 2.05) is 0 Å². The smallest absolute Gasteiger partial charge is 0.338 e. The van der Waals surface area contributed by atoms with Crippen LogP contribution >= 0.6 is 0 Å². The quantitative estimate of drug-likeness (QED) is 0.839. The average Bonchev–Trinajstić information content (AvgIpc) is 2.74. The van der Waals surface area contributed by atoms with Crippen molar-refractivity contribution >= 4 is 16.0 Å². The predicted molar refractivity (Wildman–Crippen MR) is 89.6 cm³/mol. The molecule has 0 bridgehead atoms. The largest absolute Gasteiger partial charge is 0.491 e. The SMILES string of the molecule is CCOC(=O)c1cccc(Oc2ccc3c(c2)S(=O)(=O)NCCO3)c1. The van der Waals surface area contributed by atoms with Crippen LogP contribution in [0.1, 0.15) is 17.3 Å². The van der Waals surface area contributed by atoms with Crippen LogP contribution in [0.2, 0.25) is 0 Å². The Bertz CT molecular complexity index is 894. The number of fused-ring (bicyclic) bond motifs is 1. The summed E-state index contributed by atoms with van der Waals surface area (Å²) >= 11 is 0. The summed E-state index contributed by atoms with van der Waals surface area (Å²) in [5.74, 6) is 0.536. The molecule has 0 amide bonds. The van der Waals surface area contributed by atoms with Crippen molar-refractivity contribution in [1.29, 1.82) is 0 Å². The van der Waals surface area contributed by atoms with E-state index in [9.17, 15) is 13.2 Å². The van der Waals surface area contributed by atoms with Crippen molar-refractivity contribution in [2.45, 2.75) is 11.8 Å². The van der Waals surface area contributed by atoms with Crippen LogP contribution in [-0.2, 0) is 14.8 Å². The zero-order valence-corrected chi connectivity index (χ0v) is 14.3. The molecular formula is C17H17NO6S. The monoisotopic (exact) mass is 363 g/mol. The Morgan fingerprint density at radius 1 is 1.20 bits per heavy atom. The van der Waals surface area contributed by atoms with E-state index in [0.717, 1.165) is 0 Å². The van der Waals surface area contributed by atoms with E-state index in [-0.39, 0.29) is 30.4 Å². The number of rotatable bonds is 4. The zero-order chi connectivity index (χ0) is 17.9. The third-order valence-corrected chi connectivity index (χ3v) is 4.92. The minimum atomic E-state index is -3.65. The Hall–Kier alpha value is -2.58. The van der Waals surface area contributed by atoms with Crippen LogP contribution in [0.4, 0.5) is 0 Å². The molecule has 0 saturated heterocycles. The highest BCUT2D eigenvalue weighted by Gasteiger charge is 2.23. The molecule has 1 aliphatic heterocycles. The van der Waals surface area contributed by atoms with E-state index in [4.69, 9.17) is 14.2 Å². The lowest BCUT2D eigenvalue weighted by Gasteiger charge is -2.11. The zero-order valence-electron chi connectivity index (χ0n) is 13.5. The number of hydrogen-bond donors (Lipinski definition) is 1. The summed E-state index contributed by atoms with van der Waals surface area (Å²) in [5.41, 5.74) is 0.353. The summed E-state index contributed by atoms with van der Waals surface area (Å²) in [6.07, 6.45) is 0. The van der Waals surface area contributed by atoms with Gasteiger partial charge in [0.2, 0.25) is 10.0 Å². The normalized spacial score (nSPS) is 15.4. The first-order valence-electron chi connectivity index (χ1n) is 7.71. The van der Waals surface area contributed by atoms with Crippen LogP contribution < -0.4 is 14.2 Å². The number of ether oxygens (including phenoxy) is 3. The molecule has 2 aromatic carbocycles. The lowest BCUT2D eigenvalue weighted by atomic mass is 10.2. The first-order valence-corrected chi connectivity index (χ1v) is 9.19. The van der Waals surface area contributed by atoms with Gasteiger partial charge in [-0.25, -0.2) is 17.9 Å². The van der Waals surface area contributed by atoms with Crippen molar-refractivity contribution in [2.24, 2.45) is 0 Å². The number of sulfonamides is 1. The highest BCUT2D eigenvalue weighted by atomic mass is 32.2. The summed E-state index contributed by atoms with van der Waals surface area (Å²) < 4.78 is 42.9. The third-order valence-electron chi connectivity index (χ3n) is 3.44. The van der Waals surface area contributed by atoms with E-state index >= 15 is 0 Å². The second-order valence-electron chi connectivity index (χ2n) is 5.21. The van der Waals surface area contributed by atoms with Crippen LogP contribution in [0.15, 0.2) is 47.4 Å². The van der Waals surface area contributed by atoms with E-state index in [0.29, 0.717) is 17.1 Å². The van der Waals surface area contributed by atoms with E-state index in [2.05, 4.69) is 4.72 Å². The van der Waals surface area contributed by atoms with Gasteiger partial charge in [-0.1, -0.05) is 6.07 Å². The molecule has 0 fully saturated rings. The first kappa shape index (κ1) is 17.2. The second-order valence-corrected chi connectivity index (χ2v) is 6.94. The Kier molecular flexibility index (Phi) is 4.91. The molecule has 1 aliphatic rings. The number of hydrogen-bond acceptors (Lipinski definition) is 6. The highest BCUT2D eigenvalue weighted by molar-refractivity contribution is 7.89. The molecule has 0 atom stereocenters.